The number of carbonyl (C=O) groups is 1. The number of hydrogen-bond acceptors (Lipinski definition) is 3. The molecular formula is C16H25N2O3+. The molecule has 2 rings (SSSR count). The topological polar surface area (TPSA) is 52.0 Å². The highest BCUT2D eigenvalue weighted by atomic mass is 16.5. The van der Waals surface area contributed by atoms with Crippen molar-refractivity contribution in [1.29, 1.82) is 0 Å². The first-order valence-electron chi connectivity index (χ1n) is 7.44. The molecule has 116 valence electrons. The van der Waals surface area contributed by atoms with Crippen molar-refractivity contribution < 1.29 is 19.2 Å². The minimum atomic E-state index is -0.0964. The summed E-state index contributed by atoms with van der Waals surface area (Å²) in [5, 5.41) is 2.96. The van der Waals surface area contributed by atoms with Crippen LogP contribution in [0, 0.1) is 0 Å². The summed E-state index contributed by atoms with van der Waals surface area (Å²) in [6, 6.07) is 7.28. The molecule has 1 aliphatic heterocycles. The van der Waals surface area contributed by atoms with Crippen LogP contribution in [0.25, 0.3) is 0 Å². The van der Waals surface area contributed by atoms with Crippen molar-refractivity contribution in [3.05, 3.63) is 24.3 Å². The summed E-state index contributed by atoms with van der Waals surface area (Å²) in [5.74, 6) is 0.818. The van der Waals surface area contributed by atoms with E-state index in [2.05, 4.69) is 19.2 Å². The van der Waals surface area contributed by atoms with Crippen molar-refractivity contribution in [2.24, 2.45) is 0 Å². The van der Waals surface area contributed by atoms with Crippen LogP contribution in [-0.2, 0) is 9.53 Å². The van der Waals surface area contributed by atoms with Crippen LogP contribution in [-0.4, -0.2) is 44.4 Å². The Balaban J connectivity index is 1.95. The van der Waals surface area contributed by atoms with E-state index in [-0.39, 0.29) is 24.2 Å². The van der Waals surface area contributed by atoms with E-state index in [4.69, 9.17) is 9.47 Å². The van der Waals surface area contributed by atoms with Gasteiger partial charge in [0.05, 0.1) is 7.11 Å². The summed E-state index contributed by atoms with van der Waals surface area (Å²) in [7, 11) is 1.62. The predicted octanol–water partition coefficient (Wildman–Crippen LogP) is 0.714. The summed E-state index contributed by atoms with van der Waals surface area (Å²) in [6.07, 6.45) is 0.389. The molecule has 1 aromatic carbocycles. The average Bonchev–Trinajstić information content (AvgIpc) is 2.46. The van der Waals surface area contributed by atoms with Gasteiger partial charge in [0.25, 0.3) is 5.91 Å². The summed E-state index contributed by atoms with van der Waals surface area (Å²) < 4.78 is 10.8. The quantitative estimate of drug-likeness (QED) is 0.860. The lowest BCUT2D eigenvalue weighted by Crippen LogP contribution is -3.19. The zero-order valence-corrected chi connectivity index (χ0v) is 13.2. The van der Waals surface area contributed by atoms with Crippen LogP contribution in [0.5, 0.6) is 5.75 Å². The molecule has 0 aliphatic carbocycles. The summed E-state index contributed by atoms with van der Waals surface area (Å²) in [5.41, 5.74) is 0.793. The number of ether oxygens (including phenoxy) is 2. The van der Waals surface area contributed by atoms with Gasteiger partial charge < -0.3 is 19.7 Å². The van der Waals surface area contributed by atoms with E-state index in [0.717, 1.165) is 24.5 Å². The first-order chi connectivity index (χ1) is 9.99. The van der Waals surface area contributed by atoms with Crippen LogP contribution in [0.4, 0.5) is 5.69 Å². The standard InChI is InChI=1S/C16H24N2O3/c1-11-9-18(10-12(2)21-11)13(3)16(19)17-14-5-7-15(20-4)8-6-14/h5-8,11-13H,9-10H2,1-4H3,(H,17,19)/p+1/t11-,12-,13+/m1/s1. The van der Waals surface area contributed by atoms with Gasteiger partial charge in [0.15, 0.2) is 6.04 Å². The monoisotopic (exact) mass is 293 g/mol. The van der Waals surface area contributed by atoms with Gasteiger partial charge in [-0.25, -0.2) is 0 Å². The van der Waals surface area contributed by atoms with Crippen molar-refractivity contribution >= 4 is 11.6 Å². The SMILES string of the molecule is COc1ccc(NC(=O)[C@H](C)[NH+]2C[C@@H](C)O[C@H](C)C2)cc1. The minimum Gasteiger partial charge on any atom is -0.497 e. The Morgan fingerprint density at radius 1 is 1.29 bits per heavy atom. The Kier molecular flexibility index (Phi) is 5.20. The van der Waals surface area contributed by atoms with E-state index in [1.807, 2.05) is 31.2 Å². The lowest BCUT2D eigenvalue weighted by Gasteiger charge is -2.35. The molecule has 0 bridgehead atoms. The van der Waals surface area contributed by atoms with E-state index >= 15 is 0 Å². The smallest absolute Gasteiger partial charge is 0.282 e. The van der Waals surface area contributed by atoms with E-state index in [9.17, 15) is 4.79 Å². The number of benzene rings is 1. The lowest BCUT2D eigenvalue weighted by atomic mass is 10.1. The molecule has 1 saturated heterocycles. The van der Waals surface area contributed by atoms with E-state index < -0.39 is 0 Å². The highest BCUT2D eigenvalue weighted by molar-refractivity contribution is 5.93. The average molecular weight is 293 g/mol. The van der Waals surface area contributed by atoms with Crippen LogP contribution in [0.2, 0.25) is 0 Å². The lowest BCUT2D eigenvalue weighted by molar-refractivity contribution is -0.928. The number of rotatable bonds is 4. The maximum absolute atomic E-state index is 12.4. The number of quaternary nitrogens is 1. The van der Waals surface area contributed by atoms with Crippen molar-refractivity contribution in [2.75, 3.05) is 25.5 Å². The van der Waals surface area contributed by atoms with E-state index in [1.54, 1.807) is 7.11 Å². The van der Waals surface area contributed by atoms with Gasteiger partial charge in [-0.15, -0.1) is 0 Å². The number of nitrogens with one attached hydrogen (secondary N) is 2. The number of carbonyl (C=O) groups excluding carboxylic acids is 1. The molecule has 1 aromatic rings. The molecule has 1 amide bonds. The first-order valence-corrected chi connectivity index (χ1v) is 7.44. The molecule has 5 nitrogen and oxygen atoms in total. The second kappa shape index (κ2) is 6.91. The fourth-order valence-electron chi connectivity index (χ4n) is 2.78. The zero-order chi connectivity index (χ0) is 15.4. The fraction of sp³-hybridized carbons (Fsp3) is 0.562. The summed E-state index contributed by atoms with van der Waals surface area (Å²) in [6.45, 7) is 7.82. The van der Waals surface area contributed by atoms with Crippen LogP contribution >= 0.6 is 0 Å². The molecule has 0 spiro atoms. The normalized spacial score (nSPS) is 27.0. The largest absolute Gasteiger partial charge is 0.497 e. The maximum atomic E-state index is 12.4. The Bertz CT molecular complexity index is 465. The molecule has 0 unspecified atom stereocenters. The summed E-state index contributed by atoms with van der Waals surface area (Å²) >= 11 is 0. The zero-order valence-electron chi connectivity index (χ0n) is 13.2. The molecule has 2 N–H and O–H groups in total. The number of amides is 1. The van der Waals surface area contributed by atoms with Gasteiger partial charge in [0.1, 0.15) is 31.0 Å². The molecule has 0 radical (unpaired) electrons. The van der Waals surface area contributed by atoms with Crippen LogP contribution in [0.15, 0.2) is 24.3 Å². The van der Waals surface area contributed by atoms with E-state index in [1.165, 1.54) is 4.90 Å². The molecular weight excluding hydrogens is 268 g/mol. The van der Waals surface area contributed by atoms with Gasteiger partial charge in [0.2, 0.25) is 0 Å². The van der Waals surface area contributed by atoms with Crippen molar-refractivity contribution in [3.8, 4) is 5.75 Å². The number of hydrogen-bond donors (Lipinski definition) is 2. The van der Waals surface area contributed by atoms with Crippen molar-refractivity contribution in [3.63, 3.8) is 0 Å². The summed E-state index contributed by atoms with van der Waals surface area (Å²) in [4.78, 5) is 13.6. The molecule has 1 fully saturated rings. The van der Waals surface area contributed by atoms with Gasteiger partial charge in [-0.3, -0.25) is 4.79 Å². The van der Waals surface area contributed by atoms with Crippen molar-refractivity contribution in [2.45, 2.75) is 39.0 Å². The Labute approximate surface area is 126 Å². The van der Waals surface area contributed by atoms with Crippen LogP contribution in [0.1, 0.15) is 20.8 Å². The molecule has 0 aromatic heterocycles. The minimum absolute atomic E-state index is 0.0384. The Morgan fingerprint density at radius 2 is 1.86 bits per heavy atom. The highest BCUT2D eigenvalue weighted by Gasteiger charge is 2.32. The molecule has 0 saturated carbocycles. The molecule has 3 atom stereocenters. The highest BCUT2D eigenvalue weighted by Crippen LogP contribution is 2.15. The second-order valence-electron chi connectivity index (χ2n) is 5.76. The maximum Gasteiger partial charge on any atom is 0.282 e. The molecule has 1 aliphatic rings. The third-order valence-corrected chi connectivity index (χ3v) is 3.93. The fourth-order valence-corrected chi connectivity index (χ4v) is 2.78. The van der Waals surface area contributed by atoms with Crippen molar-refractivity contribution in [1.82, 2.24) is 0 Å². The van der Waals surface area contributed by atoms with Crippen LogP contribution < -0.4 is 15.0 Å². The van der Waals surface area contributed by atoms with Gasteiger partial charge in [-0.2, -0.15) is 0 Å². The third-order valence-electron chi connectivity index (χ3n) is 3.93. The Hall–Kier alpha value is -1.59. The van der Waals surface area contributed by atoms with Gasteiger partial charge in [-0.1, -0.05) is 0 Å². The number of morpholine rings is 1. The second-order valence-corrected chi connectivity index (χ2v) is 5.76. The van der Waals surface area contributed by atoms with Crippen LogP contribution in [0.3, 0.4) is 0 Å². The third kappa shape index (κ3) is 4.19. The van der Waals surface area contributed by atoms with Gasteiger partial charge >= 0.3 is 0 Å². The number of anilines is 1. The number of methoxy groups -OCH3 is 1. The van der Waals surface area contributed by atoms with Gasteiger partial charge in [0, 0.05) is 5.69 Å². The van der Waals surface area contributed by atoms with E-state index in [0.29, 0.717) is 0 Å². The predicted molar refractivity (Wildman–Crippen MR) is 81.8 cm³/mol. The molecule has 5 heteroatoms. The molecule has 1 heterocycles. The first kappa shape index (κ1) is 15.8. The Morgan fingerprint density at radius 3 is 2.38 bits per heavy atom. The molecule has 21 heavy (non-hydrogen) atoms. The van der Waals surface area contributed by atoms with Gasteiger partial charge in [-0.05, 0) is 45.0 Å².